The van der Waals surface area contributed by atoms with Crippen molar-refractivity contribution in [3.05, 3.63) is 21.8 Å². The van der Waals surface area contributed by atoms with E-state index in [0.29, 0.717) is 10.9 Å². The van der Waals surface area contributed by atoms with Gasteiger partial charge in [-0.2, -0.15) is 0 Å². The van der Waals surface area contributed by atoms with Gasteiger partial charge in [0, 0.05) is 10.7 Å². The Morgan fingerprint density at radius 2 is 2.40 bits per heavy atom. The lowest BCUT2D eigenvalue weighted by Crippen LogP contribution is -1.87. The molecule has 1 heterocycles. The fourth-order valence-corrected chi connectivity index (χ4v) is 1.02. The molecular weight excluding hydrogens is 217 g/mol. The van der Waals surface area contributed by atoms with E-state index in [1.54, 1.807) is 12.3 Å². The Morgan fingerprint density at radius 3 is 2.90 bits per heavy atom. The van der Waals surface area contributed by atoms with Crippen LogP contribution in [0.15, 0.2) is 16.7 Å². The summed E-state index contributed by atoms with van der Waals surface area (Å²) in [5.41, 5.74) is 0. The van der Waals surface area contributed by atoms with Gasteiger partial charge in [0.15, 0.2) is 0 Å². The quantitative estimate of drug-likeness (QED) is 0.728. The van der Waals surface area contributed by atoms with Gasteiger partial charge in [-0.25, -0.2) is 4.98 Å². The van der Waals surface area contributed by atoms with Crippen molar-refractivity contribution < 1.29 is 4.74 Å². The van der Waals surface area contributed by atoms with Crippen molar-refractivity contribution in [3.63, 3.8) is 0 Å². The molecule has 0 saturated heterocycles. The van der Waals surface area contributed by atoms with Gasteiger partial charge in [-0.15, -0.1) is 0 Å². The van der Waals surface area contributed by atoms with Crippen molar-refractivity contribution in [1.82, 2.24) is 4.98 Å². The second kappa shape index (κ2) is 3.21. The maximum Gasteiger partial charge on any atom is 0.233 e. The van der Waals surface area contributed by atoms with E-state index in [4.69, 9.17) is 16.3 Å². The average molecular weight is 222 g/mol. The molecule has 0 spiro atoms. The maximum atomic E-state index is 5.76. The van der Waals surface area contributed by atoms with Crippen LogP contribution in [0.2, 0.25) is 5.02 Å². The first-order valence-electron chi connectivity index (χ1n) is 2.59. The second-order valence-corrected chi connectivity index (χ2v) is 2.85. The molecular formula is C6H5BrClNO. The van der Waals surface area contributed by atoms with E-state index in [1.807, 2.05) is 0 Å². The Kier molecular flexibility index (Phi) is 2.51. The molecule has 0 unspecified atom stereocenters. The minimum Gasteiger partial charge on any atom is -0.480 e. The summed E-state index contributed by atoms with van der Waals surface area (Å²) in [6.07, 6.45) is 1.62. The van der Waals surface area contributed by atoms with Crippen LogP contribution in [-0.4, -0.2) is 12.1 Å². The summed E-state index contributed by atoms with van der Waals surface area (Å²) in [6.45, 7) is 0. The molecule has 0 fully saturated rings. The predicted molar refractivity (Wildman–Crippen MR) is 43.5 cm³/mol. The van der Waals surface area contributed by atoms with Crippen molar-refractivity contribution in [2.75, 3.05) is 7.11 Å². The van der Waals surface area contributed by atoms with Gasteiger partial charge < -0.3 is 4.74 Å². The third kappa shape index (κ3) is 1.41. The predicted octanol–water partition coefficient (Wildman–Crippen LogP) is 2.51. The van der Waals surface area contributed by atoms with Crippen LogP contribution in [0.25, 0.3) is 0 Å². The van der Waals surface area contributed by atoms with E-state index in [2.05, 4.69) is 20.9 Å². The van der Waals surface area contributed by atoms with Crippen molar-refractivity contribution in [3.8, 4) is 5.88 Å². The Morgan fingerprint density at radius 1 is 1.70 bits per heavy atom. The van der Waals surface area contributed by atoms with E-state index in [0.717, 1.165) is 4.47 Å². The number of hydrogen-bond acceptors (Lipinski definition) is 2. The second-order valence-electron chi connectivity index (χ2n) is 1.62. The summed E-state index contributed by atoms with van der Waals surface area (Å²) in [6, 6.07) is 1.75. The van der Waals surface area contributed by atoms with E-state index >= 15 is 0 Å². The number of nitrogens with zero attached hydrogens (tertiary/aromatic N) is 1. The fraction of sp³-hybridized carbons (Fsp3) is 0.167. The number of hydrogen-bond donors (Lipinski definition) is 0. The molecule has 0 aliphatic carbocycles. The Hall–Kier alpha value is -0.280. The zero-order valence-electron chi connectivity index (χ0n) is 5.27. The number of rotatable bonds is 1. The number of pyridine rings is 1. The smallest absolute Gasteiger partial charge is 0.233 e. The molecule has 10 heavy (non-hydrogen) atoms. The zero-order valence-corrected chi connectivity index (χ0v) is 7.61. The molecule has 0 radical (unpaired) electrons. The van der Waals surface area contributed by atoms with E-state index < -0.39 is 0 Å². The van der Waals surface area contributed by atoms with E-state index in [-0.39, 0.29) is 0 Å². The Balaban J connectivity index is 3.14. The summed E-state index contributed by atoms with van der Waals surface area (Å²) in [7, 11) is 1.53. The fourth-order valence-electron chi connectivity index (χ4n) is 0.545. The standard InChI is InChI=1S/C6H5BrClNO/c1-10-6-5(8)4(7)2-3-9-6/h2-3H,1H3. The van der Waals surface area contributed by atoms with Gasteiger partial charge in [0.05, 0.1) is 7.11 Å². The summed E-state index contributed by atoms with van der Waals surface area (Å²) >= 11 is 8.99. The van der Waals surface area contributed by atoms with Gasteiger partial charge in [0.2, 0.25) is 5.88 Å². The number of halogens is 2. The van der Waals surface area contributed by atoms with Crippen molar-refractivity contribution in [2.24, 2.45) is 0 Å². The van der Waals surface area contributed by atoms with Gasteiger partial charge in [-0.3, -0.25) is 0 Å². The first kappa shape index (κ1) is 7.82. The molecule has 0 aromatic carbocycles. The molecule has 0 N–H and O–H groups in total. The van der Waals surface area contributed by atoms with E-state index in [1.165, 1.54) is 7.11 Å². The summed E-state index contributed by atoms with van der Waals surface area (Å²) in [5.74, 6) is 0.441. The third-order valence-corrected chi connectivity index (χ3v) is 2.26. The highest BCUT2D eigenvalue weighted by Crippen LogP contribution is 2.28. The SMILES string of the molecule is COc1nccc(Br)c1Cl. The molecule has 0 bridgehead atoms. The number of methoxy groups -OCH3 is 1. The summed E-state index contributed by atoms with van der Waals surface area (Å²) in [4.78, 5) is 3.87. The molecule has 0 aliphatic heterocycles. The van der Waals surface area contributed by atoms with E-state index in [9.17, 15) is 0 Å². The molecule has 1 aromatic heterocycles. The van der Waals surface area contributed by atoms with Crippen LogP contribution in [0.4, 0.5) is 0 Å². The zero-order chi connectivity index (χ0) is 7.56. The van der Waals surface area contributed by atoms with Crippen LogP contribution in [0.5, 0.6) is 5.88 Å². The molecule has 0 amide bonds. The Bertz CT molecular complexity index is 241. The normalized spacial score (nSPS) is 9.50. The van der Waals surface area contributed by atoms with Gasteiger partial charge in [0.1, 0.15) is 5.02 Å². The first-order chi connectivity index (χ1) is 4.75. The minimum atomic E-state index is 0.441. The highest BCUT2D eigenvalue weighted by molar-refractivity contribution is 9.10. The lowest BCUT2D eigenvalue weighted by Gasteiger charge is -2.00. The molecule has 2 nitrogen and oxygen atoms in total. The van der Waals surface area contributed by atoms with Crippen molar-refractivity contribution >= 4 is 27.5 Å². The average Bonchev–Trinajstić information content (AvgIpc) is 1.95. The molecule has 0 atom stereocenters. The van der Waals surface area contributed by atoms with Gasteiger partial charge >= 0.3 is 0 Å². The van der Waals surface area contributed by atoms with Crippen molar-refractivity contribution in [1.29, 1.82) is 0 Å². The molecule has 4 heteroatoms. The maximum absolute atomic E-state index is 5.76. The number of ether oxygens (including phenoxy) is 1. The van der Waals surface area contributed by atoms with Crippen LogP contribution in [0, 0.1) is 0 Å². The molecule has 1 rings (SSSR count). The Labute approximate surface area is 72.3 Å². The highest BCUT2D eigenvalue weighted by Gasteiger charge is 2.03. The molecule has 0 saturated carbocycles. The van der Waals surface area contributed by atoms with Crippen LogP contribution in [0.1, 0.15) is 0 Å². The number of aromatic nitrogens is 1. The first-order valence-corrected chi connectivity index (χ1v) is 3.77. The summed E-state index contributed by atoms with van der Waals surface area (Å²) < 4.78 is 5.65. The van der Waals surface area contributed by atoms with Gasteiger partial charge in [-0.1, -0.05) is 11.6 Å². The van der Waals surface area contributed by atoms with Crippen molar-refractivity contribution in [2.45, 2.75) is 0 Å². The lowest BCUT2D eigenvalue weighted by molar-refractivity contribution is 0.398. The van der Waals surface area contributed by atoms with Crippen LogP contribution in [-0.2, 0) is 0 Å². The summed E-state index contributed by atoms with van der Waals surface area (Å²) in [5, 5.41) is 0.505. The lowest BCUT2D eigenvalue weighted by atomic mass is 10.5. The minimum absolute atomic E-state index is 0.441. The van der Waals surface area contributed by atoms with Crippen LogP contribution >= 0.6 is 27.5 Å². The highest BCUT2D eigenvalue weighted by atomic mass is 79.9. The topological polar surface area (TPSA) is 22.1 Å². The molecule has 1 aromatic rings. The molecule has 0 aliphatic rings. The molecule has 54 valence electrons. The van der Waals surface area contributed by atoms with Gasteiger partial charge in [0.25, 0.3) is 0 Å². The van der Waals surface area contributed by atoms with Gasteiger partial charge in [-0.05, 0) is 22.0 Å². The monoisotopic (exact) mass is 221 g/mol. The third-order valence-electron chi connectivity index (χ3n) is 1.00. The van der Waals surface area contributed by atoms with Crippen LogP contribution < -0.4 is 4.74 Å². The van der Waals surface area contributed by atoms with Crippen LogP contribution in [0.3, 0.4) is 0 Å². The largest absolute Gasteiger partial charge is 0.480 e.